The van der Waals surface area contributed by atoms with E-state index in [4.69, 9.17) is 11.6 Å². The molecule has 0 aromatic rings. The topological polar surface area (TPSA) is 58.2 Å². The molecule has 0 spiro atoms. The average molecular weight is 247 g/mol. The molecule has 16 heavy (non-hydrogen) atoms. The maximum absolute atomic E-state index is 11.4. The molecule has 0 radical (unpaired) electrons. The van der Waals surface area contributed by atoms with Gasteiger partial charge in [-0.25, -0.2) is 4.79 Å². The van der Waals surface area contributed by atoms with Gasteiger partial charge in [-0.05, 0) is 25.2 Å². The molecule has 2 N–H and O–H groups in total. The van der Waals surface area contributed by atoms with E-state index in [1.165, 1.54) is 6.42 Å². The highest BCUT2D eigenvalue weighted by Gasteiger charge is 2.18. The zero-order valence-corrected chi connectivity index (χ0v) is 10.3. The molecule has 1 saturated carbocycles. The van der Waals surface area contributed by atoms with Gasteiger partial charge >= 0.3 is 6.03 Å². The van der Waals surface area contributed by atoms with Crippen molar-refractivity contribution in [3.63, 3.8) is 0 Å². The Hall–Kier alpha value is -0.770. The Kier molecular flexibility index (Phi) is 5.60. The molecule has 2 atom stereocenters. The van der Waals surface area contributed by atoms with Gasteiger partial charge in [-0.2, -0.15) is 0 Å². The molecular weight excluding hydrogens is 228 g/mol. The van der Waals surface area contributed by atoms with Crippen LogP contribution >= 0.6 is 11.6 Å². The Labute approximate surface area is 101 Å². The van der Waals surface area contributed by atoms with Crippen LogP contribution in [0.5, 0.6) is 0 Å². The molecule has 1 rings (SSSR count). The minimum atomic E-state index is -0.457. The van der Waals surface area contributed by atoms with Gasteiger partial charge in [0.25, 0.3) is 0 Å². The normalized spacial score (nSPS) is 25.6. The highest BCUT2D eigenvalue weighted by atomic mass is 35.5. The van der Waals surface area contributed by atoms with Crippen LogP contribution in [0.1, 0.15) is 39.0 Å². The standard InChI is InChI=1S/C11H19ClN2O2/c1-8-3-2-4-9(6-5-8)13-11(16)14-10(15)7-12/h8-9H,2-7H2,1H3,(H2,13,14,15,16). The smallest absolute Gasteiger partial charge is 0.321 e. The fourth-order valence-corrected chi connectivity index (χ4v) is 2.08. The zero-order valence-electron chi connectivity index (χ0n) is 9.59. The summed E-state index contributed by atoms with van der Waals surface area (Å²) in [5.74, 6) is 0.0928. The predicted molar refractivity (Wildman–Crippen MR) is 63.4 cm³/mol. The third-order valence-corrected chi connectivity index (χ3v) is 3.21. The van der Waals surface area contributed by atoms with Gasteiger partial charge in [-0.3, -0.25) is 10.1 Å². The number of nitrogens with one attached hydrogen (secondary N) is 2. The third-order valence-electron chi connectivity index (χ3n) is 2.97. The van der Waals surface area contributed by atoms with Gasteiger partial charge in [-0.1, -0.05) is 19.8 Å². The zero-order chi connectivity index (χ0) is 12.0. The molecule has 0 aromatic heterocycles. The summed E-state index contributed by atoms with van der Waals surface area (Å²) in [5.41, 5.74) is 0. The minimum Gasteiger partial charge on any atom is -0.335 e. The molecule has 5 heteroatoms. The summed E-state index contributed by atoms with van der Waals surface area (Å²) in [6.45, 7) is 2.24. The summed E-state index contributed by atoms with van der Waals surface area (Å²) in [5, 5.41) is 5.00. The van der Waals surface area contributed by atoms with Gasteiger partial charge in [0.1, 0.15) is 5.88 Å². The van der Waals surface area contributed by atoms with Crippen LogP contribution in [0.15, 0.2) is 0 Å². The Balaban J connectivity index is 2.30. The molecule has 1 aliphatic carbocycles. The van der Waals surface area contributed by atoms with Crippen molar-refractivity contribution in [3.05, 3.63) is 0 Å². The van der Waals surface area contributed by atoms with E-state index >= 15 is 0 Å². The van der Waals surface area contributed by atoms with Gasteiger partial charge in [0, 0.05) is 6.04 Å². The van der Waals surface area contributed by atoms with Crippen molar-refractivity contribution in [1.82, 2.24) is 10.6 Å². The predicted octanol–water partition coefficient (Wildman–Crippen LogP) is 2.02. The fourth-order valence-electron chi connectivity index (χ4n) is 2.01. The van der Waals surface area contributed by atoms with Crippen LogP contribution in [0, 0.1) is 5.92 Å². The van der Waals surface area contributed by atoms with Crippen molar-refractivity contribution in [2.24, 2.45) is 5.92 Å². The molecule has 2 unspecified atom stereocenters. The first-order valence-corrected chi connectivity index (χ1v) is 6.31. The number of rotatable bonds is 2. The number of amides is 3. The van der Waals surface area contributed by atoms with Crippen LogP contribution in [0.3, 0.4) is 0 Å². The number of carbonyl (C=O) groups excluding carboxylic acids is 2. The van der Waals surface area contributed by atoms with Gasteiger partial charge in [-0.15, -0.1) is 11.6 Å². The van der Waals surface area contributed by atoms with E-state index in [0.717, 1.165) is 31.6 Å². The summed E-state index contributed by atoms with van der Waals surface area (Å²) in [7, 11) is 0. The van der Waals surface area contributed by atoms with Gasteiger partial charge < -0.3 is 5.32 Å². The molecule has 3 amide bonds. The Morgan fingerprint density at radius 1 is 1.25 bits per heavy atom. The number of alkyl halides is 1. The number of carbonyl (C=O) groups is 2. The highest BCUT2D eigenvalue weighted by Crippen LogP contribution is 2.22. The minimum absolute atomic E-state index is 0.185. The lowest BCUT2D eigenvalue weighted by Gasteiger charge is -2.16. The van der Waals surface area contributed by atoms with Crippen LogP contribution in [0.2, 0.25) is 0 Å². The summed E-state index contributed by atoms with van der Waals surface area (Å²) in [4.78, 5) is 22.3. The Morgan fingerprint density at radius 2 is 2.00 bits per heavy atom. The second kappa shape index (κ2) is 6.74. The van der Waals surface area contributed by atoms with Crippen molar-refractivity contribution in [1.29, 1.82) is 0 Å². The summed E-state index contributed by atoms with van der Waals surface area (Å²) >= 11 is 5.29. The summed E-state index contributed by atoms with van der Waals surface area (Å²) < 4.78 is 0. The lowest BCUT2D eigenvalue weighted by molar-refractivity contribution is -0.117. The quantitative estimate of drug-likeness (QED) is 0.579. The van der Waals surface area contributed by atoms with Crippen LogP contribution in [-0.2, 0) is 4.79 Å². The molecule has 0 heterocycles. The van der Waals surface area contributed by atoms with E-state index in [2.05, 4.69) is 17.6 Å². The molecular formula is C11H19ClN2O2. The Bertz CT molecular complexity index is 258. The molecule has 1 fully saturated rings. The second-order valence-electron chi connectivity index (χ2n) is 4.47. The maximum Gasteiger partial charge on any atom is 0.321 e. The lowest BCUT2D eigenvalue weighted by Crippen LogP contribution is -2.44. The molecule has 92 valence electrons. The number of imide groups is 1. The number of hydrogen-bond donors (Lipinski definition) is 2. The first kappa shape index (κ1) is 13.3. The van der Waals surface area contributed by atoms with E-state index in [-0.39, 0.29) is 11.9 Å². The average Bonchev–Trinajstić information content (AvgIpc) is 2.43. The van der Waals surface area contributed by atoms with Gasteiger partial charge in [0.15, 0.2) is 0 Å². The van der Waals surface area contributed by atoms with Crippen molar-refractivity contribution in [2.75, 3.05) is 5.88 Å². The number of halogens is 1. The molecule has 1 aliphatic rings. The first-order chi connectivity index (χ1) is 7.61. The van der Waals surface area contributed by atoms with Crippen molar-refractivity contribution in [3.8, 4) is 0 Å². The van der Waals surface area contributed by atoms with E-state index < -0.39 is 11.9 Å². The lowest BCUT2D eigenvalue weighted by atomic mass is 10.0. The van der Waals surface area contributed by atoms with Crippen LogP contribution < -0.4 is 10.6 Å². The first-order valence-electron chi connectivity index (χ1n) is 5.78. The molecule has 0 aromatic carbocycles. The molecule has 4 nitrogen and oxygen atoms in total. The van der Waals surface area contributed by atoms with Crippen LogP contribution in [0.4, 0.5) is 4.79 Å². The van der Waals surface area contributed by atoms with E-state index in [1.807, 2.05) is 0 Å². The third kappa shape index (κ3) is 4.84. The van der Waals surface area contributed by atoms with Crippen molar-refractivity contribution >= 4 is 23.5 Å². The molecule has 0 aliphatic heterocycles. The maximum atomic E-state index is 11.4. The second-order valence-corrected chi connectivity index (χ2v) is 4.73. The highest BCUT2D eigenvalue weighted by molar-refractivity contribution is 6.28. The van der Waals surface area contributed by atoms with Crippen molar-refractivity contribution < 1.29 is 9.59 Å². The molecule has 0 saturated heterocycles. The van der Waals surface area contributed by atoms with E-state index in [1.54, 1.807) is 0 Å². The largest absolute Gasteiger partial charge is 0.335 e. The summed E-state index contributed by atoms with van der Waals surface area (Å²) in [6.07, 6.45) is 5.47. The van der Waals surface area contributed by atoms with Gasteiger partial charge in [0.2, 0.25) is 5.91 Å². The SMILES string of the molecule is CC1CCCC(NC(=O)NC(=O)CCl)CC1. The van der Waals surface area contributed by atoms with Gasteiger partial charge in [0.05, 0.1) is 0 Å². The number of urea groups is 1. The fraction of sp³-hybridized carbons (Fsp3) is 0.818. The summed E-state index contributed by atoms with van der Waals surface area (Å²) in [6, 6.07) is -0.238. The van der Waals surface area contributed by atoms with E-state index in [0.29, 0.717) is 0 Å². The van der Waals surface area contributed by atoms with Crippen LogP contribution in [-0.4, -0.2) is 23.9 Å². The monoisotopic (exact) mass is 246 g/mol. The Morgan fingerprint density at radius 3 is 2.69 bits per heavy atom. The van der Waals surface area contributed by atoms with Crippen molar-refractivity contribution in [2.45, 2.75) is 45.1 Å². The van der Waals surface area contributed by atoms with Crippen LogP contribution in [0.25, 0.3) is 0 Å². The molecule has 0 bridgehead atoms. The van der Waals surface area contributed by atoms with E-state index in [9.17, 15) is 9.59 Å². The number of hydrogen-bond acceptors (Lipinski definition) is 2.